The quantitative estimate of drug-likeness (QED) is 0.797. The first-order valence-corrected chi connectivity index (χ1v) is 10.6. The standard InChI is InChI=1S/C22H26N4OS/c1-14-4-7-18(24-12-14)19(27)25-16-6-5-15-11-21(2,3)13-22(17(15)10-16)8-9-28-20(23)26-22/h4-7,10,12H,8-9,11,13H2,1-3H3,(H2,23,26)(H,25,27). The zero-order chi connectivity index (χ0) is 19.9. The van der Waals surface area contributed by atoms with Crippen molar-refractivity contribution in [1.82, 2.24) is 4.98 Å². The minimum absolute atomic E-state index is 0.162. The first-order chi connectivity index (χ1) is 13.3. The number of thioether (sulfide) groups is 1. The average molecular weight is 395 g/mol. The summed E-state index contributed by atoms with van der Waals surface area (Å²) in [6, 6.07) is 9.83. The number of aromatic nitrogens is 1. The number of hydrogen-bond acceptors (Lipinski definition) is 5. The van der Waals surface area contributed by atoms with Crippen LogP contribution < -0.4 is 11.1 Å². The number of amidine groups is 1. The van der Waals surface area contributed by atoms with Gasteiger partial charge in [-0.25, -0.2) is 0 Å². The number of nitrogens with zero attached hydrogens (tertiary/aromatic N) is 2. The van der Waals surface area contributed by atoms with Gasteiger partial charge in [0.05, 0.1) is 5.54 Å². The second-order valence-corrected chi connectivity index (χ2v) is 9.76. The maximum atomic E-state index is 12.6. The van der Waals surface area contributed by atoms with Crippen molar-refractivity contribution in [2.75, 3.05) is 11.1 Å². The van der Waals surface area contributed by atoms with Crippen LogP contribution in [0.5, 0.6) is 0 Å². The number of aryl methyl sites for hydroxylation is 1. The summed E-state index contributed by atoms with van der Waals surface area (Å²) in [5, 5.41) is 3.66. The number of fused-ring (bicyclic) bond motifs is 2. The fraction of sp³-hybridized carbons (Fsp3) is 0.409. The molecule has 2 aromatic rings. The Morgan fingerprint density at radius 3 is 2.79 bits per heavy atom. The molecule has 1 aliphatic carbocycles. The first-order valence-electron chi connectivity index (χ1n) is 9.62. The number of anilines is 1. The average Bonchev–Trinajstić information content (AvgIpc) is 2.62. The second-order valence-electron chi connectivity index (χ2n) is 8.64. The molecule has 1 spiro atoms. The number of hydrogen-bond donors (Lipinski definition) is 2. The summed E-state index contributed by atoms with van der Waals surface area (Å²) in [6.45, 7) is 6.54. The van der Waals surface area contributed by atoms with Crippen molar-refractivity contribution in [3.8, 4) is 0 Å². The minimum atomic E-state index is -0.296. The Hall–Kier alpha value is -2.34. The largest absolute Gasteiger partial charge is 0.379 e. The van der Waals surface area contributed by atoms with Gasteiger partial charge >= 0.3 is 0 Å². The van der Waals surface area contributed by atoms with E-state index in [9.17, 15) is 4.79 Å². The smallest absolute Gasteiger partial charge is 0.274 e. The van der Waals surface area contributed by atoms with Crippen LogP contribution in [0.4, 0.5) is 5.69 Å². The van der Waals surface area contributed by atoms with Crippen molar-refractivity contribution in [3.63, 3.8) is 0 Å². The van der Waals surface area contributed by atoms with Gasteiger partial charge in [0.25, 0.3) is 5.91 Å². The molecule has 6 heteroatoms. The number of carbonyl (C=O) groups excluding carboxylic acids is 1. The molecule has 0 saturated carbocycles. The van der Waals surface area contributed by atoms with Crippen LogP contribution in [0.3, 0.4) is 0 Å². The van der Waals surface area contributed by atoms with Crippen LogP contribution in [-0.4, -0.2) is 21.8 Å². The number of nitrogens with one attached hydrogen (secondary N) is 1. The van der Waals surface area contributed by atoms with Crippen molar-refractivity contribution in [2.24, 2.45) is 16.1 Å². The number of nitrogens with two attached hydrogens (primary N) is 1. The van der Waals surface area contributed by atoms with Crippen molar-refractivity contribution >= 4 is 28.5 Å². The molecule has 1 aliphatic heterocycles. The summed E-state index contributed by atoms with van der Waals surface area (Å²) < 4.78 is 0. The lowest BCUT2D eigenvalue weighted by atomic mass is 9.64. The third kappa shape index (κ3) is 3.65. The highest BCUT2D eigenvalue weighted by atomic mass is 32.2. The lowest BCUT2D eigenvalue weighted by Gasteiger charge is -2.45. The van der Waals surface area contributed by atoms with Crippen LogP contribution >= 0.6 is 11.8 Å². The molecular weight excluding hydrogens is 368 g/mol. The van der Waals surface area contributed by atoms with Crippen LogP contribution in [0, 0.1) is 12.3 Å². The van der Waals surface area contributed by atoms with Crippen LogP contribution in [0.15, 0.2) is 41.5 Å². The van der Waals surface area contributed by atoms with Crippen LogP contribution in [0.25, 0.3) is 0 Å². The first kappa shape index (κ1) is 19.0. The Balaban J connectivity index is 1.69. The molecule has 146 valence electrons. The number of pyridine rings is 1. The Bertz CT molecular complexity index is 952. The van der Waals surface area contributed by atoms with E-state index in [1.165, 1.54) is 11.1 Å². The molecule has 0 radical (unpaired) electrons. The van der Waals surface area contributed by atoms with Gasteiger partial charge in [0.1, 0.15) is 5.69 Å². The number of carbonyl (C=O) groups is 1. The number of aliphatic imine (C=N–C) groups is 1. The van der Waals surface area contributed by atoms with E-state index < -0.39 is 0 Å². The Morgan fingerprint density at radius 1 is 1.25 bits per heavy atom. The molecule has 0 bridgehead atoms. The Kier molecular flexibility index (Phi) is 4.70. The van der Waals surface area contributed by atoms with Crippen molar-refractivity contribution < 1.29 is 4.79 Å². The fourth-order valence-corrected chi connectivity index (χ4v) is 5.34. The fourth-order valence-electron chi connectivity index (χ4n) is 4.45. The third-order valence-electron chi connectivity index (χ3n) is 5.54. The maximum Gasteiger partial charge on any atom is 0.274 e. The SMILES string of the molecule is Cc1ccc(C(=O)Nc2ccc3c(c2)C2(CCSC(N)=N2)CC(C)(C)C3)nc1. The van der Waals surface area contributed by atoms with Gasteiger partial charge in [-0.3, -0.25) is 14.8 Å². The molecule has 5 nitrogen and oxygen atoms in total. The molecule has 1 aromatic carbocycles. The molecule has 2 aliphatic rings. The van der Waals surface area contributed by atoms with E-state index in [0.717, 1.165) is 36.3 Å². The predicted molar refractivity (Wildman–Crippen MR) is 116 cm³/mol. The van der Waals surface area contributed by atoms with Crippen LogP contribution in [0.1, 0.15) is 53.9 Å². The number of rotatable bonds is 2. The van der Waals surface area contributed by atoms with Crippen molar-refractivity contribution in [1.29, 1.82) is 0 Å². The normalized spacial score (nSPS) is 23.0. The molecule has 2 heterocycles. The summed E-state index contributed by atoms with van der Waals surface area (Å²) in [5.74, 6) is 0.765. The summed E-state index contributed by atoms with van der Waals surface area (Å²) in [4.78, 5) is 21.7. The maximum absolute atomic E-state index is 12.6. The predicted octanol–water partition coefficient (Wildman–Crippen LogP) is 4.26. The summed E-state index contributed by atoms with van der Waals surface area (Å²) in [6.07, 6.45) is 4.63. The molecule has 1 aromatic heterocycles. The Labute approximate surface area is 170 Å². The zero-order valence-electron chi connectivity index (χ0n) is 16.6. The van der Waals surface area contributed by atoms with E-state index in [-0.39, 0.29) is 16.9 Å². The molecule has 3 N–H and O–H groups in total. The molecule has 0 saturated heterocycles. The van der Waals surface area contributed by atoms with Crippen molar-refractivity contribution in [2.45, 2.75) is 45.6 Å². The molecule has 1 atom stereocenters. The summed E-state index contributed by atoms with van der Waals surface area (Å²) in [5.41, 5.74) is 10.7. The van der Waals surface area contributed by atoms with E-state index in [1.807, 2.05) is 19.1 Å². The van der Waals surface area contributed by atoms with Gasteiger partial charge in [-0.1, -0.05) is 37.7 Å². The number of benzene rings is 1. The lowest BCUT2D eigenvalue weighted by Crippen LogP contribution is -2.41. The number of amides is 1. The van der Waals surface area contributed by atoms with Crippen LogP contribution in [0.2, 0.25) is 0 Å². The van der Waals surface area contributed by atoms with Gasteiger partial charge in [-0.2, -0.15) is 0 Å². The minimum Gasteiger partial charge on any atom is -0.379 e. The van der Waals surface area contributed by atoms with Gasteiger partial charge in [0.2, 0.25) is 0 Å². The van der Waals surface area contributed by atoms with Gasteiger partial charge in [-0.05, 0) is 66.5 Å². The third-order valence-corrected chi connectivity index (χ3v) is 6.34. The van der Waals surface area contributed by atoms with E-state index >= 15 is 0 Å². The van der Waals surface area contributed by atoms with E-state index in [2.05, 4.69) is 36.3 Å². The van der Waals surface area contributed by atoms with Gasteiger partial charge in [-0.15, -0.1) is 0 Å². The Morgan fingerprint density at radius 2 is 2.07 bits per heavy atom. The van der Waals surface area contributed by atoms with Gasteiger partial charge in [0.15, 0.2) is 5.17 Å². The molecule has 4 rings (SSSR count). The zero-order valence-corrected chi connectivity index (χ0v) is 17.4. The van der Waals surface area contributed by atoms with E-state index in [1.54, 1.807) is 24.0 Å². The highest BCUT2D eigenvalue weighted by molar-refractivity contribution is 8.13. The monoisotopic (exact) mass is 394 g/mol. The molecule has 1 unspecified atom stereocenters. The molecule has 0 fully saturated rings. The second kappa shape index (κ2) is 6.92. The van der Waals surface area contributed by atoms with Crippen LogP contribution in [-0.2, 0) is 12.0 Å². The highest BCUT2D eigenvalue weighted by Crippen LogP contribution is 2.51. The molecule has 28 heavy (non-hydrogen) atoms. The van der Waals surface area contributed by atoms with E-state index in [0.29, 0.717) is 10.9 Å². The van der Waals surface area contributed by atoms with Crippen molar-refractivity contribution in [3.05, 3.63) is 58.9 Å². The molecular formula is C22H26N4OS. The van der Waals surface area contributed by atoms with Gasteiger partial charge in [0, 0.05) is 17.6 Å². The molecule has 1 amide bonds. The lowest BCUT2D eigenvalue weighted by molar-refractivity contribution is 0.102. The van der Waals surface area contributed by atoms with Gasteiger partial charge < -0.3 is 11.1 Å². The highest BCUT2D eigenvalue weighted by Gasteiger charge is 2.45. The summed E-state index contributed by atoms with van der Waals surface area (Å²) in [7, 11) is 0. The summed E-state index contributed by atoms with van der Waals surface area (Å²) >= 11 is 1.62. The van der Waals surface area contributed by atoms with E-state index in [4.69, 9.17) is 10.7 Å². The topological polar surface area (TPSA) is 80.4 Å².